The Labute approximate surface area is 84.0 Å². The number of hydrogen-bond donors (Lipinski definition) is 0. The second-order valence-corrected chi connectivity index (χ2v) is 3.03. The molecule has 0 saturated heterocycles. The van der Waals surface area contributed by atoms with Crippen LogP contribution in [0.1, 0.15) is 19.8 Å². The van der Waals surface area contributed by atoms with Gasteiger partial charge in [-0.1, -0.05) is 13.3 Å². The summed E-state index contributed by atoms with van der Waals surface area (Å²) in [5.41, 5.74) is 0. The minimum Gasteiger partial charge on any atom is -0.329 e. The zero-order valence-corrected chi connectivity index (χ0v) is 8.15. The van der Waals surface area contributed by atoms with Crippen molar-refractivity contribution in [2.75, 3.05) is 13.1 Å². The van der Waals surface area contributed by atoms with Gasteiger partial charge < -0.3 is 4.90 Å². The number of unbranched alkanes of at least 4 members (excludes halogenated alkanes) is 1. The summed E-state index contributed by atoms with van der Waals surface area (Å²) < 4.78 is 59.6. The van der Waals surface area contributed by atoms with Gasteiger partial charge in [0.15, 0.2) is 0 Å². The first-order valence-electron chi connectivity index (χ1n) is 4.41. The van der Waals surface area contributed by atoms with Gasteiger partial charge in [0, 0.05) is 6.54 Å². The van der Waals surface area contributed by atoms with Gasteiger partial charge in [-0.2, -0.15) is 22.0 Å². The first kappa shape index (κ1) is 14.1. The maximum atomic E-state index is 11.9. The van der Waals surface area contributed by atoms with Crippen molar-refractivity contribution in [3.8, 4) is 0 Å². The van der Waals surface area contributed by atoms with Gasteiger partial charge in [0.2, 0.25) is 0 Å². The summed E-state index contributed by atoms with van der Waals surface area (Å²) in [6.07, 6.45) is -7.22. The third-order valence-electron chi connectivity index (χ3n) is 1.65. The summed E-state index contributed by atoms with van der Waals surface area (Å²) in [6, 6.07) is 0. The van der Waals surface area contributed by atoms with Gasteiger partial charge >= 0.3 is 12.6 Å². The topological polar surface area (TPSA) is 20.3 Å². The van der Waals surface area contributed by atoms with Crippen LogP contribution in [0.25, 0.3) is 0 Å². The monoisotopic (exact) mass is 233 g/mol. The largest absolute Gasteiger partial charge is 0.406 e. The van der Waals surface area contributed by atoms with E-state index in [1.54, 1.807) is 6.92 Å². The van der Waals surface area contributed by atoms with E-state index < -0.39 is 25.1 Å². The molecule has 0 saturated carbocycles. The molecule has 0 rings (SSSR count). The molecule has 90 valence electrons. The highest BCUT2D eigenvalue weighted by molar-refractivity contribution is 5.79. The number of alkyl halides is 5. The Bertz CT molecular complexity index is 204. The predicted molar refractivity (Wildman–Crippen MR) is 43.5 cm³/mol. The van der Waals surface area contributed by atoms with E-state index in [-0.39, 0.29) is 17.9 Å². The minimum absolute atomic E-state index is 0.147. The quantitative estimate of drug-likeness (QED) is 0.668. The molecule has 0 spiro atoms. The summed E-state index contributed by atoms with van der Waals surface area (Å²) in [4.78, 5) is 10.8. The summed E-state index contributed by atoms with van der Waals surface area (Å²) in [5.74, 6) is -1.76. The van der Waals surface area contributed by atoms with Crippen LogP contribution in [0.15, 0.2) is 0 Å². The Morgan fingerprint density at radius 1 is 1.33 bits per heavy atom. The molecule has 0 bridgehead atoms. The molecule has 0 aromatic rings. The molecule has 0 fully saturated rings. The van der Waals surface area contributed by atoms with Gasteiger partial charge in [-0.15, -0.1) is 0 Å². The molecular formula is C8H12F5NO. The van der Waals surface area contributed by atoms with Gasteiger partial charge in [0.05, 0.1) is 0 Å². The van der Waals surface area contributed by atoms with Crippen molar-refractivity contribution in [3.63, 3.8) is 0 Å². The van der Waals surface area contributed by atoms with Gasteiger partial charge in [-0.05, 0) is 6.42 Å². The lowest BCUT2D eigenvalue weighted by Crippen LogP contribution is -2.42. The van der Waals surface area contributed by atoms with Gasteiger partial charge in [-0.25, -0.2) is 0 Å². The fraction of sp³-hybridized carbons (Fsp3) is 0.875. The standard InChI is InChI=1S/C8H12F5NO/c1-2-3-4-14(5-8(11,12)13)7(15)6(9)10/h6H,2-5H2,1H3. The number of rotatable bonds is 5. The third-order valence-corrected chi connectivity index (χ3v) is 1.65. The zero-order chi connectivity index (χ0) is 12.1. The van der Waals surface area contributed by atoms with Crippen molar-refractivity contribution >= 4 is 5.91 Å². The Morgan fingerprint density at radius 3 is 2.20 bits per heavy atom. The number of halogens is 5. The van der Waals surface area contributed by atoms with Gasteiger partial charge in [-0.3, -0.25) is 4.79 Å². The van der Waals surface area contributed by atoms with E-state index in [0.717, 1.165) is 0 Å². The number of carbonyl (C=O) groups is 1. The van der Waals surface area contributed by atoms with Gasteiger partial charge in [0.25, 0.3) is 5.91 Å². The first-order valence-corrected chi connectivity index (χ1v) is 4.41. The van der Waals surface area contributed by atoms with E-state index in [0.29, 0.717) is 6.42 Å². The molecular weight excluding hydrogens is 221 g/mol. The average molecular weight is 233 g/mol. The van der Waals surface area contributed by atoms with Crippen LogP contribution in [0, 0.1) is 0 Å². The number of hydrogen-bond acceptors (Lipinski definition) is 1. The molecule has 0 radical (unpaired) electrons. The maximum Gasteiger partial charge on any atom is 0.406 e. The first-order chi connectivity index (χ1) is 6.78. The Hall–Kier alpha value is -0.880. The van der Waals surface area contributed by atoms with Crippen molar-refractivity contribution in [1.29, 1.82) is 0 Å². The predicted octanol–water partition coefficient (Wildman–Crippen LogP) is 2.44. The van der Waals surface area contributed by atoms with Crippen molar-refractivity contribution in [2.24, 2.45) is 0 Å². The van der Waals surface area contributed by atoms with E-state index in [1.165, 1.54) is 0 Å². The summed E-state index contributed by atoms with van der Waals surface area (Å²) in [6.45, 7) is -0.214. The molecule has 0 heterocycles. The van der Waals surface area contributed by atoms with Crippen LogP contribution < -0.4 is 0 Å². The molecule has 1 amide bonds. The smallest absolute Gasteiger partial charge is 0.329 e. The van der Waals surface area contributed by atoms with Crippen LogP contribution in [-0.4, -0.2) is 36.5 Å². The lowest BCUT2D eigenvalue weighted by molar-refractivity contribution is -0.168. The van der Waals surface area contributed by atoms with E-state index in [1.807, 2.05) is 0 Å². The summed E-state index contributed by atoms with van der Waals surface area (Å²) >= 11 is 0. The molecule has 7 heteroatoms. The maximum absolute atomic E-state index is 11.9. The molecule has 0 aliphatic heterocycles. The van der Waals surface area contributed by atoms with E-state index >= 15 is 0 Å². The Kier molecular flexibility index (Phi) is 5.53. The highest BCUT2D eigenvalue weighted by Gasteiger charge is 2.35. The Balaban J connectivity index is 4.37. The molecule has 2 nitrogen and oxygen atoms in total. The molecule has 0 aromatic heterocycles. The highest BCUT2D eigenvalue weighted by atomic mass is 19.4. The van der Waals surface area contributed by atoms with E-state index in [9.17, 15) is 26.7 Å². The van der Waals surface area contributed by atoms with E-state index in [4.69, 9.17) is 0 Å². The molecule has 15 heavy (non-hydrogen) atoms. The molecule has 0 aliphatic rings. The molecule has 0 aromatic carbocycles. The van der Waals surface area contributed by atoms with Crippen LogP contribution in [0.5, 0.6) is 0 Å². The van der Waals surface area contributed by atoms with Crippen LogP contribution in [0.4, 0.5) is 22.0 Å². The van der Waals surface area contributed by atoms with Crippen molar-refractivity contribution in [3.05, 3.63) is 0 Å². The van der Waals surface area contributed by atoms with Crippen LogP contribution >= 0.6 is 0 Å². The van der Waals surface area contributed by atoms with Crippen LogP contribution in [0.3, 0.4) is 0 Å². The Morgan fingerprint density at radius 2 is 1.87 bits per heavy atom. The molecule has 0 atom stereocenters. The lowest BCUT2D eigenvalue weighted by atomic mass is 10.3. The highest BCUT2D eigenvalue weighted by Crippen LogP contribution is 2.18. The second-order valence-electron chi connectivity index (χ2n) is 3.03. The van der Waals surface area contributed by atoms with Crippen molar-refractivity contribution < 1.29 is 26.7 Å². The zero-order valence-electron chi connectivity index (χ0n) is 8.15. The fourth-order valence-electron chi connectivity index (χ4n) is 0.971. The normalized spacial score (nSPS) is 11.9. The third kappa shape index (κ3) is 6.24. The molecule has 0 aliphatic carbocycles. The van der Waals surface area contributed by atoms with Crippen molar-refractivity contribution in [2.45, 2.75) is 32.4 Å². The number of amides is 1. The van der Waals surface area contributed by atoms with E-state index in [2.05, 4.69) is 0 Å². The van der Waals surface area contributed by atoms with Crippen LogP contribution in [0.2, 0.25) is 0 Å². The SMILES string of the molecule is CCCCN(CC(F)(F)F)C(=O)C(F)F. The molecule has 0 unspecified atom stereocenters. The van der Waals surface area contributed by atoms with Crippen molar-refractivity contribution in [1.82, 2.24) is 4.90 Å². The fourth-order valence-corrected chi connectivity index (χ4v) is 0.971. The second kappa shape index (κ2) is 5.87. The average Bonchev–Trinajstić information content (AvgIpc) is 2.09. The molecule has 0 N–H and O–H groups in total. The minimum atomic E-state index is -4.64. The summed E-state index contributed by atoms with van der Waals surface area (Å²) in [7, 11) is 0. The van der Waals surface area contributed by atoms with Gasteiger partial charge in [0.1, 0.15) is 6.54 Å². The summed E-state index contributed by atoms with van der Waals surface area (Å²) in [5, 5.41) is 0. The lowest BCUT2D eigenvalue weighted by Gasteiger charge is -2.23. The van der Waals surface area contributed by atoms with Crippen LogP contribution in [-0.2, 0) is 4.79 Å². The number of nitrogens with zero attached hydrogens (tertiary/aromatic N) is 1. The number of carbonyl (C=O) groups excluding carboxylic acids is 1.